The lowest BCUT2D eigenvalue weighted by atomic mass is 9.84. The molecule has 0 aromatic heterocycles. The van der Waals surface area contributed by atoms with E-state index in [0.29, 0.717) is 5.92 Å². The van der Waals surface area contributed by atoms with Gasteiger partial charge in [-0.3, -0.25) is 0 Å². The Morgan fingerprint density at radius 3 is 2.47 bits per heavy atom. The first-order chi connectivity index (χ1) is 7.88. The molecule has 0 saturated carbocycles. The summed E-state index contributed by atoms with van der Waals surface area (Å²) in [5.41, 5.74) is 4.15. The lowest BCUT2D eigenvalue weighted by molar-refractivity contribution is 0.497. The molecule has 1 unspecified atom stereocenters. The fourth-order valence-electron chi connectivity index (χ4n) is 2.47. The maximum absolute atomic E-state index is 6.28. The van der Waals surface area contributed by atoms with Crippen LogP contribution < -0.4 is 0 Å². The number of hydrogen-bond donors (Lipinski definition) is 0. The minimum Gasteiger partial charge on any atom is -0.544 e. The Kier molecular flexibility index (Phi) is 3.17. The fraction of sp³-hybridized carbons (Fsp3) is 0.467. The van der Waals surface area contributed by atoms with E-state index in [2.05, 4.69) is 57.8 Å². The highest BCUT2D eigenvalue weighted by Gasteiger charge is 2.26. The molecule has 0 spiro atoms. The summed E-state index contributed by atoms with van der Waals surface area (Å²) < 4.78 is 6.28. The molecule has 92 valence electrons. The summed E-state index contributed by atoms with van der Waals surface area (Å²) in [6.07, 6.45) is 1.12. The highest BCUT2D eigenvalue weighted by molar-refractivity contribution is 6.70. The Labute approximate surface area is 106 Å². The van der Waals surface area contributed by atoms with Crippen LogP contribution in [0.4, 0.5) is 0 Å². The predicted molar refractivity (Wildman–Crippen MR) is 76.5 cm³/mol. The minimum atomic E-state index is -1.53. The molecule has 0 amide bonds. The molecule has 1 aromatic rings. The standard InChI is InChI=1S/C15H22OSi/c1-11-10-12(2)15(16-17(3,4)5)14-9-7-6-8-13(11)14/h6-9,11H,10H2,1-5H3. The molecule has 1 aliphatic carbocycles. The predicted octanol–water partition coefficient (Wildman–Crippen LogP) is 4.78. The second kappa shape index (κ2) is 4.34. The summed E-state index contributed by atoms with van der Waals surface area (Å²) in [6, 6.07) is 8.67. The Bertz CT molecular complexity index is 454. The lowest BCUT2D eigenvalue weighted by Gasteiger charge is -2.31. The third-order valence-electron chi connectivity index (χ3n) is 3.14. The molecule has 17 heavy (non-hydrogen) atoms. The minimum absolute atomic E-state index is 0.611. The second-order valence-corrected chi connectivity index (χ2v) is 10.4. The van der Waals surface area contributed by atoms with Crippen molar-refractivity contribution in [2.75, 3.05) is 0 Å². The highest BCUT2D eigenvalue weighted by atomic mass is 28.4. The van der Waals surface area contributed by atoms with Crippen molar-refractivity contribution < 1.29 is 4.43 Å². The zero-order valence-electron chi connectivity index (χ0n) is 11.5. The van der Waals surface area contributed by atoms with Crippen LogP contribution in [0.1, 0.15) is 37.3 Å². The van der Waals surface area contributed by atoms with E-state index in [1.807, 2.05) is 0 Å². The molecule has 1 aromatic carbocycles. The molecule has 0 N–H and O–H groups in total. The van der Waals surface area contributed by atoms with Gasteiger partial charge in [0.05, 0.1) is 0 Å². The van der Waals surface area contributed by atoms with E-state index in [1.54, 1.807) is 0 Å². The van der Waals surface area contributed by atoms with E-state index in [9.17, 15) is 0 Å². The molecule has 0 aliphatic heterocycles. The summed E-state index contributed by atoms with van der Waals surface area (Å²) in [4.78, 5) is 0. The number of rotatable bonds is 2. The third kappa shape index (κ3) is 2.63. The molecule has 0 heterocycles. The van der Waals surface area contributed by atoms with E-state index < -0.39 is 8.32 Å². The normalized spacial score (nSPS) is 20.2. The van der Waals surface area contributed by atoms with Crippen molar-refractivity contribution in [1.29, 1.82) is 0 Å². The Morgan fingerprint density at radius 2 is 1.82 bits per heavy atom. The molecule has 0 bridgehead atoms. The van der Waals surface area contributed by atoms with Gasteiger partial charge in [-0.2, -0.15) is 0 Å². The molecule has 1 atom stereocenters. The maximum Gasteiger partial charge on any atom is 0.242 e. The van der Waals surface area contributed by atoms with Crippen LogP contribution in [-0.4, -0.2) is 8.32 Å². The molecule has 2 rings (SSSR count). The average Bonchev–Trinajstić information content (AvgIpc) is 2.23. The van der Waals surface area contributed by atoms with E-state index in [-0.39, 0.29) is 0 Å². The van der Waals surface area contributed by atoms with Crippen molar-refractivity contribution in [3.05, 3.63) is 41.0 Å². The zero-order valence-corrected chi connectivity index (χ0v) is 12.5. The maximum atomic E-state index is 6.28. The fourth-order valence-corrected chi connectivity index (χ4v) is 3.37. The quantitative estimate of drug-likeness (QED) is 0.683. The number of hydrogen-bond acceptors (Lipinski definition) is 1. The summed E-state index contributed by atoms with van der Waals surface area (Å²) in [5, 5.41) is 0. The average molecular weight is 246 g/mol. The molecule has 0 fully saturated rings. The SMILES string of the molecule is CC1=C(O[Si](C)(C)C)c2ccccc2C(C)C1. The van der Waals surface area contributed by atoms with E-state index in [0.717, 1.165) is 12.2 Å². The number of fused-ring (bicyclic) bond motifs is 1. The van der Waals surface area contributed by atoms with E-state index >= 15 is 0 Å². The first-order valence-corrected chi connectivity index (χ1v) is 9.77. The molecule has 1 nitrogen and oxygen atoms in total. The molecule has 0 saturated heterocycles. The van der Waals surface area contributed by atoms with Gasteiger partial charge in [0, 0.05) is 5.56 Å². The summed E-state index contributed by atoms with van der Waals surface area (Å²) in [6.45, 7) is 11.2. The molecule has 2 heteroatoms. The summed E-state index contributed by atoms with van der Waals surface area (Å²) >= 11 is 0. The van der Waals surface area contributed by atoms with Crippen LogP contribution in [0.15, 0.2) is 29.8 Å². The second-order valence-electron chi connectivity index (χ2n) is 6.02. The van der Waals surface area contributed by atoms with Crippen LogP contribution in [-0.2, 0) is 4.43 Å². The molecule has 1 aliphatic rings. The largest absolute Gasteiger partial charge is 0.544 e. The van der Waals surface area contributed by atoms with Gasteiger partial charge in [0.1, 0.15) is 5.76 Å². The van der Waals surface area contributed by atoms with Crippen LogP contribution >= 0.6 is 0 Å². The lowest BCUT2D eigenvalue weighted by Crippen LogP contribution is -2.26. The van der Waals surface area contributed by atoms with Crippen LogP contribution in [0.5, 0.6) is 0 Å². The van der Waals surface area contributed by atoms with Crippen molar-refractivity contribution in [3.8, 4) is 0 Å². The molecular formula is C15H22OSi. The molecule has 0 radical (unpaired) electrons. The Hall–Kier alpha value is -1.02. The first-order valence-electron chi connectivity index (χ1n) is 6.36. The number of benzene rings is 1. The Balaban J connectivity index is 2.47. The van der Waals surface area contributed by atoms with Gasteiger partial charge in [-0.1, -0.05) is 31.2 Å². The topological polar surface area (TPSA) is 9.23 Å². The van der Waals surface area contributed by atoms with Crippen LogP contribution in [0, 0.1) is 0 Å². The highest BCUT2D eigenvalue weighted by Crippen LogP contribution is 2.39. The first kappa shape index (κ1) is 12.4. The van der Waals surface area contributed by atoms with Gasteiger partial charge in [-0.15, -0.1) is 0 Å². The third-order valence-corrected chi connectivity index (χ3v) is 3.96. The Morgan fingerprint density at radius 1 is 1.18 bits per heavy atom. The van der Waals surface area contributed by atoms with Crippen LogP contribution in [0.25, 0.3) is 5.76 Å². The summed E-state index contributed by atoms with van der Waals surface area (Å²) in [5.74, 6) is 1.76. The van der Waals surface area contributed by atoms with Crippen molar-refractivity contribution in [1.82, 2.24) is 0 Å². The van der Waals surface area contributed by atoms with Gasteiger partial charge in [0.25, 0.3) is 0 Å². The van der Waals surface area contributed by atoms with Crippen molar-refractivity contribution in [2.24, 2.45) is 0 Å². The van der Waals surface area contributed by atoms with Gasteiger partial charge in [0.2, 0.25) is 8.32 Å². The van der Waals surface area contributed by atoms with E-state index in [4.69, 9.17) is 4.43 Å². The smallest absolute Gasteiger partial charge is 0.242 e. The van der Waals surface area contributed by atoms with Gasteiger partial charge in [0.15, 0.2) is 0 Å². The summed E-state index contributed by atoms with van der Waals surface area (Å²) in [7, 11) is -1.53. The zero-order chi connectivity index (χ0) is 12.6. The monoisotopic (exact) mass is 246 g/mol. The number of allylic oxidation sites excluding steroid dienone is 1. The van der Waals surface area contributed by atoms with Crippen LogP contribution in [0.2, 0.25) is 19.6 Å². The van der Waals surface area contributed by atoms with Gasteiger partial charge in [-0.05, 0) is 50.0 Å². The van der Waals surface area contributed by atoms with Crippen molar-refractivity contribution in [3.63, 3.8) is 0 Å². The molecular weight excluding hydrogens is 224 g/mol. The van der Waals surface area contributed by atoms with E-state index in [1.165, 1.54) is 16.7 Å². The van der Waals surface area contributed by atoms with Crippen molar-refractivity contribution >= 4 is 14.1 Å². The van der Waals surface area contributed by atoms with Crippen molar-refractivity contribution in [2.45, 2.75) is 45.8 Å². The van der Waals surface area contributed by atoms with Gasteiger partial charge in [-0.25, -0.2) is 0 Å². The van der Waals surface area contributed by atoms with Gasteiger partial charge >= 0.3 is 0 Å². The van der Waals surface area contributed by atoms with Crippen LogP contribution in [0.3, 0.4) is 0 Å². The van der Waals surface area contributed by atoms with Gasteiger partial charge < -0.3 is 4.43 Å².